The molecule has 1 aromatic heterocycles. The average molecular weight is 152 g/mol. The molecule has 3 nitrogen and oxygen atoms in total. The Bertz CT molecular complexity index is 267. The second-order valence-corrected chi connectivity index (χ2v) is 3.14. The van der Waals surface area contributed by atoms with Crippen molar-refractivity contribution in [3.63, 3.8) is 0 Å². The quantitative estimate of drug-likeness (QED) is 0.571. The van der Waals surface area contributed by atoms with Gasteiger partial charge in [0.05, 0.1) is 11.8 Å². The van der Waals surface area contributed by atoms with Gasteiger partial charge in [0.25, 0.3) is 0 Å². The summed E-state index contributed by atoms with van der Waals surface area (Å²) in [7, 11) is 0. The van der Waals surface area contributed by atoms with E-state index in [-0.39, 0.29) is 6.10 Å². The lowest BCUT2D eigenvalue weighted by Gasteiger charge is -2.14. The first-order valence-electron chi connectivity index (χ1n) is 3.98. The van der Waals surface area contributed by atoms with Gasteiger partial charge in [0.15, 0.2) is 0 Å². The summed E-state index contributed by atoms with van der Waals surface area (Å²) in [6.07, 6.45) is 2.36. The van der Waals surface area contributed by atoms with Crippen LogP contribution in [0.3, 0.4) is 0 Å². The topological polar surface area (TPSA) is 48.9 Å². The molecule has 0 saturated heterocycles. The van der Waals surface area contributed by atoms with Crippen LogP contribution in [-0.4, -0.2) is 21.2 Å². The second kappa shape index (κ2) is 2.34. The highest BCUT2D eigenvalue weighted by atomic mass is 16.3. The Kier molecular flexibility index (Phi) is 1.46. The highest BCUT2D eigenvalue weighted by molar-refractivity contribution is 5.18. The van der Waals surface area contributed by atoms with E-state index in [9.17, 15) is 5.11 Å². The highest BCUT2D eigenvalue weighted by Crippen LogP contribution is 2.18. The third-order valence-electron chi connectivity index (χ3n) is 2.14. The zero-order valence-corrected chi connectivity index (χ0v) is 6.59. The Morgan fingerprint density at radius 2 is 2.45 bits per heavy atom. The lowest BCUT2D eigenvalue weighted by Crippen LogP contribution is -2.18. The largest absolute Gasteiger partial charge is 0.393 e. The normalized spacial score (nSPS) is 23.3. The van der Waals surface area contributed by atoms with E-state index in [1.54, 1.807) is 0 Å². The number of aryl methyl sites for hydroxylation is 2. The summed E-state index contributed by atoms with van der Waals surface area (Å²) < 4.78 is 0. The van der Waals surface area contributed by atoms with Crippen LogP contribution in [0.5, 0.6) is 0 Å². The molecule has 1 aromatic rings. The average Bonchev–Trinajstić information content (AvgIpc) is 2.27. The van der Waals surface area contributed by atoms with Crippen LogP contribution in [0.15, 0.2) is 0 Å². The molecule has 0 bridgehead atoms. The first-order chi connectivity index (χ1) is 5.25. The Labute approximate surface area is 65.5 Å². The number of aliphatic hydroxyl groups is 1. The van der Waals surface area contributed by atoms with Gasteiger partial charge in [0.1, 0.15) is 5.82 Å². The lowest BCUT2D eigenvalue weighted by molar-refractivity contribution is 0.157. The van der Waals surface area contributed by atoms with E-state index in [4.69, 9.17) is 0 Å². The van der Waals surface area contributed by atoms with Crippen LogP contribution in [0, 0.1) is 6.92 Å². The number of nitrogens with one attached hydrogen (secondary N) is 1. The van der Waals surface area contributed by atoms with Crippen molar-refractivity contribution in [2.45, 2.75) is 32.3 Å². The third kappa shape index (κ3) is 1.16. The van der Waals surface area contributed by atoms with Crippen molar-refractivity contribution < 1.29 is 5.11 Å². The molecule has 0 spiro atoms. The van der Waals surface area contributed by atoms with Gasteiger partial charge in [0, 0.05) is 12.1 Å². The summed E-state index contributed by atoms with van der Waals surface area (Å²) in [6.45, 7) is 1.95. The minimum atomic E-state index is -0.176. The maximum atomic E-state index is 9.31. The number of nitrogens with zero attached hydrogens (tertiary/aromatic N) is 1. The van der Waals surface area contributed by atoms with E-state index in [0.29, 0.717) is 0 Å². The van der Waals surface area contributed by atoms with Gasteiger partial charge in [-0.25, -0.2) is 4.98 Å². The molecule has 60 valence electrons. The van der Waals surface area contributed by atoms with Gasteiger partial charge in [-0.05, 0) is 19.8 Å². The number of fused-ring (bicyclic) bond motifs is 1. The predicted octanol–water partition coefficient (Wildman–Crippen LogP) is 0.568. The van der Waals surface area contributed by atoms with Gasteiger partial charge in [-0.3, -0.25) is 0 Å². The predicted molar refractivity (Wildman–Crippen MR) is 41.4 cm³/mol. The van der Waals surface area contributed by atoms with E-state index in [1.165, 1.54) is 5.69 Å². The molecule has 1 aliphatic rings. The number of aromatic amines is 1. The summed E-state index contributed by atoms with van der Waals surface area (Å²) in [5.74, 6) is 0.962. The molecule has 0 aromatic carbocycles. The Hall–Kier alpha value is -0.830. The minimum Gasteiger partial charge on any atom is -0.393 e. The fourth-order valence-corrected chi connectivity index (χ4v) is 1.60. The molecule has 3 heteroatoms. The van der Waals surface area contributed by atoms with Gasteiger partial charge >= 0.3 is 0 Å². The van der Waals surface area contributed by atoms with Crippen LogP contribution in [0.1, 0.15) is 23.6 Å². The number of aliphatic hydroxyl groups excluding tert-OH is 1. The smallest absolute Gasteiger partial charge is 0.103 e. The molecule has 2 N–H and O–H groups in total. The monoisotopic (exact) mass is 152 g/mol. The van der Waals surface area contributed by atoms with Crippen molar-refractivity contribution in [2.24, 2.45) is 0 Å². The Morgan fingerprint density at radius 1 is 1.64 bits per heavy atom. The fraction of sp³-hybridized carbons (Fsp3) is 0.625. The van der Waals surface area contributed by atoms with Crippen molar-refractivity contribution in [1.29, 1.82) is 0 Å². The van der Waals surface area contributed by atoms with Crippen LogP contribution < -0.4 is 0 Å². The number of rotatable bonds is 0. The summed E-state index contributed by atoms with van der Waals surface area (Å²) in [4.78, 5) is 7.48. The molecule has 0 amide bonds. The SMILES string of the molecule is Cc1nc2c([nH]1)CCC(O)C2. The molecule has 1 unspecified atom stereocenters. The van der Waals surface area contributed by atoms with Crippen molar-refractivity contribution >= 4 is 0 Å². The van der Waals surface area contributed by atoms with E-state index in [0.717, 1.165) is 30.8 Å². The molecule has 0 radical (unpaired) electrons. The second-order valence-electron chi connectivity index (χ2n) is 3.14. The molecule has 2 rings (SSSR count). The zero-order chi connectivity index (χ0) is 7.84. The lowest BCUT2D eigenvalue weighted by atomic mass is 9.99. The Morgan fingerprint density at radius 3 is 3.27 bits per heavy atom. The molecule has 0 aliphatic heterocycles. The molecule has 11 heavy (non-hydrogen) atoms. The molecular weight excluding hydrogens is 140 g/mol. The van der Waals surface area contributed by atoms with E-state index in [2.05, 4.69) is 9.97 Å². The van der Waals surface area contributed by atoms with Gasteiger partial charge in [-0.2, -0.15) is 0 Å². The first kappa shape index (κ1) is 6.85. The number of hydrogen-bond donors (Lipinski definition) is 2. The number of aromatic nitrogens is 2. The van der Waals surface area contributed by atoms with Crippen molar-refractivity contribution in [1.82, 2.24) is 9.97 Å². The van der Waals surface area contributed by atoms with Gasteiger partial charge in [-0.15, -0.1) is 0 Å². The highest BCUT2D eigenvalue weighted by Gasteiger charge is 2.18. The number of imidazole rings is 1. The van der Waals surface area contributed by atoms with Crippen LogP contribution in [0.2, 0.25) is 0 Å². The summed E-state index contributed by atoms with van der Waals surface area (Å²) >= 11 is 0. The van der Waals surface area contributed by atoms with Gasteiger partial charge < -0.3 is 10.1 Å². The molecular formula is C8H12N2O. The van der Waals surface area contributed by atoms with E-state index >= 15 is 0 Å². The summed E-state index contributed by atoms with van der Waals surface area (Å²) in [5.41, 5.74) is 2.27. The van der Waals surface area contributed by atoms with Crippen LogP contribution in [0.4, 0.5) is 0 Å². The van der Waals surface area contributed by atoms with Gasteiger partial charge in [-0.1, -0.05) is 0 Å². The molecule has 1 heterocycles. The van der Waals surface area contributed by atoms with E-state index < -0.39 is 0 Å². The molecule has 1 aliphatic carbocycles. The zero-order valence-electron chi connectivity index (χ0n) is 6.59. The van der Waals surface area contributed by atoms with Crippen molar-refractivity contribution in [2.75, 3.05) is 0 Å². The Balaban J connectivity index is 2.34. The molecule has 0 saturated carbocycles. The maximum Gasteiger partial charge on any atom is 0.103 e. The maximum absolute atomic E-state index is 9.31. The minimum absolute atomic E-state index is 0.176. The van der Waals surface area contributed by atoms with Crippen LogP contribution >= 0.6 is 0 Å². The third-order valence-corrected chi connectivity index (χ3v) is 2.14. The van der Waals surface area contributed by atoms with E-state index in [1.807, 2.05) is 6.92 Å². The summed E-state index contributed by atoms with van der Waals surface area (Å²) in [6, 6.07) is 0. The number of H-pyrrole nitrogens is 1. The van der Waals surface area contributed by atoms with Gasteiger partial charge in [0.2, 0.25) is 0 Å². The van der Waals surface area contributed by atoms with Crippen LogP contribution in [0.25, 0.3) is 0 Å². The van der Waals surface area contributed by atoms with Crippen molar-refractivity contribution in [3.05, 3.63) is 17.2 Å². The standard InChI is InChI=1S/C8H12N2O/c1-5-9-7-3-2-6(11)4-8(7)10-5/h6,11H,2-4H2,1H3,(H,9,10). The van der Waals surface area contributed by atoms with Crippen molar-refractivity contribution in [3.8, 4) is 0 Å². The first-order valence-corrected chi connectivity index (χ1v) is 3.98. The summed E-state index contributed by atoms with van der Waals surface area (Å²) in [5, 5.41) is 9.31. The van der Waals surface area contributed by atoms with Crippen LogP contribution in [-0.2, 0) is 12.8 Å². The number of hydrogen-bond acceptors (Lipinski definition) is 2. The molecule has 1 atom stereocenters. The molecule has 0 fully saturated rings. The fourth-order valence-electron chi connectivity index (χ4n) is 1.60.